The Labute approximate surface area is 99.2 Å². The van der Waals surface area contributed by atoms with Crippen molar-refractivity contribution in [3.8, 4) is 0 Å². The van der Waals surface area contributed by atoms with Crippen LogP contribution in [0.5, 0.6) is 0 Å². The number of rotatable bonds is 2. The zero-order valence-corrected chi connectivity index (χ0v) is 9.42. The summed E-state index contributed by atoms with van der Waals surface area (Å²) in [7, 11) is 0. The molecule has 1 aromatic carbocycles. The van der Waals surface area contributed by atoms with Crippen LogP contribution in [0.25, 0.3) is 11.7 Å². The Bertz CT molecular complexity index is 485. The Morgan fingerprint density at radius 1 is 0.667 bits per heavy atom. The van der Waals surface area contributed by atoms with E-state index in [-0.39, 0.29) is 11.1 Å². The van der Waals surface area contributed by atoms with Crippen molar-refractivity contribution in [2.24, 2.45) is 0 Å². The predicted octanol–water partition coefficient (Wildman–Crippen LogP) is 5.37. The standard InChI is InChI=1S/C12H8F6/c1-5-6(2)8(10(14)12(17)18)4-3-7(5)9(13)11(15)16/h3-4H,1-2H3. The van der Waals surface area contributed by atoms with Gasteiger partial charge >= 0.3 is 12.2 Å². The van der Waals surface area contributed by atoms with Crippen LogP contribution in [-0.2, 0) is 0 Å². The zero-order valence-electron chi connectivity index (χ0n) is 9.42. The number of benzene rings is 1. The summed E-state index contributed by atoms with van der Waals surface area (Å²) in [6.07, 6.45) is -5.03. The Morgan fingerprint density at radius 2 is 0.944 bits per heavy atom. The third kappa shape index (κ3) is 2.57. The van der Waals surface area contributed by atoms with Crippen LogP contribution < -0.4 is 0 Å². The van der Waals surface area contributed by atoms with Crippen LogP contribution in [-0.4, -0.2) is 0 Å². The highest BCUT2D eigenvalue weighted by Crippen LogP contribution is 2.32. The summed E-state index contributed by atoms with van der Waals surface area (Å²) >= 11 is 0. The molecule has 6 heteroatoms. The molecule has 0 radical (unpaired) electrons. The smallest absolute Gasteiger partial charge is 0.200 e. The summed E-state index contributed by atoms with van der Waals surface area (Å²) < 4.78 is 74.6. The van der Waals surface area contributed by atoms with Crippen molar-refractivity contribution in [2.75, 3.05) is 0 Å². The zero-order chi connectivity index (χ0) is 14.0. The average molecular weight is 266 g/mol. The van der Waals surface area contributed by atoms with Gasteiger partial charge in [0.15, 0.2) is 11.7 Å². The Balaban J connectivity index is 3.49. The van der Waals surface area contributed by atoms with Gasteiger partial charge in [0.1, 0.15) is 0 Å². The van der Waals surface area contributed by atoms with Crippen LogP contribution in [0.4, 0.5) is 26.3 Å². The predicted molar refractivity (Wildman–Crippen MR) is 56.4 cm³/mol. The molecule has 0 nitrogen and oxygen atoms in total. The fourth-order valence-electron chi connectivity index (χ4n) is 1.50. The molecule has 0 aliphatic rings. The van der Waals surface area contributed by atoms with Crippen molar-refractivity contribution in [1.29, 1.82) is 0 Å². The molecule has 1 aromatic rings. The van der Waals surface area contributed by atoms with Crippen LogP contribution >= 0.6 is 0 Å². The van der Waals surface area contributed by atoms with Crippen LogP contribution in [0.2, 0.25) is 0 Å². The van der Waals surface area contributed by atoms with E-state index in [2.05, 4.69) is 0 Å². The molecule has 0 N–H and O–H groups in total. The van der Waals surface area contributed by atoms with Crippen LogP contribution in [0.15, 0.2) is 24.3 Å². The van der Waals surface area contributed by atoms with Gasteiger partial charge in [0.05, 0.1) is 0 Å². The number of hydrogen-bond acceptors (Lipinski definition) is 0. The van der Waals surface area contributed by atoms with Crippen molar-refractivity contribution in [3.63, 3.8) is 0 Å². The second-order valence-corrected chi connectivity index (χ2v) is 3.56. The van der Waals surface area contributed by atoms with E-state index >= 15 is 0 Å². The topological polar surface area (TPSA) is 0 Å². The molecule has 0 spiro atoms. The van der Waals surface area contributed by atoms with Gasteiger partial charge in [-0.05, 0) is 25.0 Å². The Morgan fingerprint density at radius 3 is 1.17 bits per heavy atom. The van der Waals surface area contributed by atoms with Gasteiger partial charge < -0.3 is 0 Å². The van der Waals surface area contributed by atoms with E-state index < -0.39 is 34.9 Å². The fourth-order valence-corrected chi connectivity index (χ4v) is 1.50. The maximum atomic E-state index is 13.1. The van der Waals surface area contributed by atoms with E-state index in [0.717, 1.165) is 12.1 Å². The molecule has 0 amide bonds. The van der Waals surface area contributed by atoms with E-state index in [4.69, 9.17) is 0 Å². The lowest BCUT2D eigenvalue weighted by Gasteiger charge is -2.10. The fraction of sp³-hybridized carbons (Fsp3) is 0.167. The SMILES string of the molecule is Cc1c(C(F)=C(F)F)ccc(C(F)=C(F)F)c1C. The number of hydrogen-bond donors (Lipinski definition) is 0. The molecule has 18 heavy (non-hydrogen) atoms. The van der Waals surface area contributed by atoms with Gasteiger partial charge in [-0.1, -0.05) is 12.1 Å². The molecule has 1 rings (SSSR count). The van der Waals surface area contributed by atoms with Crippen LogP contribution in [0, 0.1) is 13.8 Å². The number of halogens is 6. The van der Waals surface area contributed by atoms with Crippen molar-refractivity contribution < 1.29 is 26.3 Å². The molecule has 0 aromatic heterocycles. The first kappa shape index (κ1) is 14.3. The highest BCUT2D eigenvalue weighted by atomic mass is 19.3. The van der Waals surface area contributed by atoms with Gasteiger partial charge in [-0.15, -0.1) is 0 Å². The minimum Gasteiger partial charge on any atom is -0.200 e. The Hall–Kier alpha value is -1.72. The lowest BCUT2D eigenvalue weighted by molar-refractivity contribution is 0.409. The molecule has 0 saturated carbocycles. The maximum Gasteiger partial charge on any atom is 0.306 e. The molecule has 0 bridgehead atoms. The lowest BCUT2D eigenvalue weighted by atomic mass is 9.97. The minimum atomic E-state index is -2.52. The van der Waals surface area contributed by atoms with E-state index in [0.29, 0.717) is 0 Å². The summed E-state index contributed by atoms with van der Waals surface area (Å²) in [6, 6.07) is 1.68. The minimum absolute atomic E-state index is 0.0193. The van der Waals surface area contributed by atoms with Gasteiger partial charge in [0, 0.05) is 11.1 Å². The van der Waals surface area contributed by atoms with Gasteiger partial charge in [0.25, 0.3) is 0 Å². The molecule has 0 fully saturated rings. The van der Waals surface area contributed by atoms with E-state index in [1.165, 1.54) is 13.8 Å². The summed E-state index contributed by atoms with van der Waals surface area (Å²) in [5, 5.41) is 0. The second-order valence-electron chi connectivity index (χ2n) is 3.56. The average Bonchev–Trinajstić information content (AvgIpc) is 2.30. The van der Waals surface area contributed by atoms with Crippen molar-refractivity contribution in [3.05, 3.63) is 46.5 Å². The van der Waals surface area contributed by atoms with E-state index in [9.17, 15) is 26.3 Å². The third-order valence-electron chi connectivity index (χ3n) is 2.59. The summed E-state index contributed by atoms with van der Waals surface area (Å²) in [5.74, 6) is -3.49. The molecule has 0 aliphatic heterocycles. The summed E-state index contributed by atoms with van der Waals surface area (Å²) in [5.41, 5.74) is -0.921. The first-order valence-corrected chi connectivity index (χ1v) is 4.79. The van der Waals surface area contributed by atoms with Gasteiger partial charge in [-0.3, -0.25) is 0 Å². The van der Waals surface area contributed by atoms with Crippen molar-refractivity contribution in [1.82, 2.24) is 0 Å². The first-order valence-electron chi connectivity index (χ1n) is 4.79. The largest absolute Gasteiger partial charge is 0.306 e. The molecule has 0 saturated heterocycles. The molecule has 0 heterocycles. The van der Waals surface area contributed by atoms with Gasteiger partial charge in [-0.2, -0.15) is 17.6 Å². The normalized spacial score (nSPS) is 10.2. The van der Waals surface area contributed by atoms with Gasteiger partial charge in [0.2, 0.25) is 0 Å². The van der Waals surface area contributed by atoms with Gasteiger partial charge in [-0.25, -0.2) is 8.78 Å². The van der Waals surface area contributed by atoms with Crippen LogP contribution in [0.1, 0.15) is 22.3 Å². The molecule has 98 valence electrons. The molecule has 0 unspecified atom stereocenters. The molecular weight excluding hydrogens is 258 g/mol. The van der Waals surface area contributed by atoms with E-state index in [1.54, 1.807) is 0 Å². The van der Waals surface area contributed by atoms with E-state index in [1.807, 2.05) is 0 Å². The van der Waals surface area contributed by atoms with Crippen molar-refractivity contribution in [2.45, 2.75) is 13.8 Å². The van der Waals surface area contributed by atoms with Crippen LogP contribution in [0.3, 0.4) is 0 Å². The molecular formula is C12H8F6. The highest BCUT2D eigenvalue weighted by molar-refractivity contribution is 5.71. The lowest BCUT2D eigenvalue weighted by Crippen LogP contribution is -1.95. The molecule has 0 aliphatic carbocycles. The maximum absolute atomic E-state index is 13.1. The van der Waals surface area contributed by atoms with Crippen molar-refractivity contribution >= 4 is 11.7 Å². The Kier molecular flexibility index (Phi) is 4.21. The second kappa shape index (κ2) is 5.29. The summed E-state index contributed by atoms with van der Waals surface area (Å²) in [6.45, 7) is 2.50. The molecule has 0 atom stereocenters. The quantitative estimate of drug-likeness (QED) is 0.631. The third-order valence-corrected chi connectivity index (χ3v) is 2.59. The first-order chi connectivity index (χ1) is 8.27. The monoisotopic (exact) mass is 266 g/mol. The highest BCUT2D eigenvalue weighted by Gasteiger charge is 2.18. The summed E-state index contributed by atoms with van der Waals surface area (Å²) in [4.78, 5) is 0.